The Kier molecular flexibility index (Phi) is 5.19. The lowest BCUT2D eigenvalue weighted by Gasteiger charge is -2.07. The van der Waals surface area contributed by atoms with Crippen LogP contribution in [0.5, 0.6) is 0 Å². The predicted molar refractivity (Wildman–Crippen MR) is 101 cm³/mol. The molecule has 0 aliphatic carbocycles. The third-order valence-corrected chi connectivity index (χ3v) is 4.32. The maximum atomic E-state index is 12.1. The van der Waals surface area contributed by atoms with Gasteiger partial charge in [-0.1, -0.05) is 29.8 Å². The number of pyridine rings is 1. The van der Waals surface area contributed by atoms with Crippen molar-refractivity contribution in [3.8, 4) is 0 Å². The van der Waals surface area contributed by atoms with Gasteiger partial charge in [0.05, 0.1) is 6.42 Å². The molecule has 1 amide bonds. The molecule has 25 heavy (non-hydrogen) atoms. The van der Waals surface area contributed by atoms with E-state index in [1.165, 1.54) is 0 Å². The summed E-state index contributed by atoms with van der Waals surface area (Å²) in [5.74, 6) is -0.0254. The predicted octanol–water partition coefficient (Wildman–Crippen LogP) is 3.39. The highest BCUT2D eigenvalue weighted by Crippen LogP contribution is 2.14. The maximum absolute atomic E-state index is 12.1. The number of hydrogen-bond acceptors (Lipinski definition) is 2. The van der Waals surface area contributed by atoms with Gasteiger partial charge in [-0.15, -0.1) is 0 Å². The van der Waals surface area contributed by atoms with Crippen LogP contribution < -0.4 is 10.9 Å². The van der Waals surface area contributed by atoms with E-state index in [4.69, 9.17) is 11.6 Å². The van der Waals surface area contributed by atoms with Crippen LogP contribution in [0.2, 0.25) is 5.02 Å². The SMILES string of the molecule is Cc1cc2cc(CC(=O)NCCc3cccc(Cl)c3)ccc2[nH]c1=O. The van der Waals surface area contributed by atoms with Gasteiger partial charge in [0.1, 0.15) is 0 Å². The lowest BCUT2D eigenvalue weighted by Crippen LogP contribution is -2.27. The van der Waals surface area contributed by atoms with E-state index >= 15 is 0 Å². The van der Waals surface area contributed by atoms with Crippen LogP contribution in [0, 0.1) is 6.92 Å². The van der Waals surface area contributed by atoms with Gasteiger partial charge >= 0.3 is 0 Å². The fourth-order valence-electron chi connectivity index (χ4n) is 2.76. The first-order chi connectivity index (χ1) is 12.0. The lowest BCUT2D eigenvalue weighted by molar-refractivity contribution is -0.120. The number of rotatable bonds is 5. The summed E-state index contributed by atoms with van der Waals surface area (Å²) in [5.41, 5.74) is 3.37. The van der Waals surface area contributed by atoms with E-state index in [-0.39, 0.29) is 11.5 Å². The summed E-state index contributed by atoms with van der Waals surface area (Å²) in [6.45, 7) is 2.34. The fourth-order valence-corrected chi connectivity index (χ4v) is 2.97. The molecule has 0 unspecified atom stereocenters. The smallest absolute Gasteiger partial charge is 0.251 e. The summed E-state index contributed by atoms with van der Waals surface area (Å²) in [4.78, 5) is 26.6. The van der Waals surface area contributed by atoms with Gasteiger partial charge in [-0.25, -0.2) is 0 Å². The van der Waals surface area contributed by atoms with Crippen molar-refractivity contribution >= 4 is 28.4 Å². The van der Waals surface area contributed by atoms with Gasteiger partial charge in [-0.05, 0) is 60.2 Å². The van der Waals surface area contributed by atoms with E-state index < -0.39 is 0 Å². The Balaban J connectivity index is 1.60. The average Bonchev–Trinajstić information content (AvgIpc) is 2.56. The number of aromatic amines is 1. The molecule has 2 aromatic carbocycles. The number of aromatic nitrogens is 1. The molecule has 3 rings (SSSR count). The summed E-state index contributed by atoms with van der Waals surface area (Å²) in [6.07, 6.45) is 1.05. The summed E-state index contributed by atoms with van der Waals surface area (Å²) < 4.78 is 0. The molecule has 0 saturated heterocycles. The highest BCUT2D eigenvalue weighted by atomic mass is 35.5. The van der Waals surface area contributed by atoms with Gasteiger partial charge in [0, 0.05) is 22.6 Å². The molecule has 0 aliphatic rings. The highest BCUT2D eigenvalue weighted by molar-refractivity contribution is 6.30. The molecule has 2 N–H and O–H groups in total. The molecule has 0 aliphatic heterocycles. The number of aryl methyl sites for hydroxylation is 1. The Bertz CT molecular complexity index is 979. The van der Waals surface area contributed by atoms with Crippen LogP contribution in [-0.4, -0.2) is 17.4 Å². The minimum atomic E-state index is -0.0843. The molecule has 0 radical (unpaired) electrons. The van der Waals surface area contributed by atoms with Crippen LogP contribution in [0.3, 0.4) is 0 Å². The Morgan fingerprint density at radius 2 is 1.96 bits per heavy atom. The first-order valence-corrected chi connectivity index (χ1v) is 8.53. The third-order valence-electron chi connectivity index (χ3n) is 4.08. The van der Waals surface area contributed by atoms with E-state index in [2.05, 4.69) is 10.3 Å². The van der Waals surface area contributed by atoms with Gasteiger partial charge in [0.25, 0.3) is 5.56 Å². The summed E-state index contributed by atoms with van der Waals surface area (Å²) in [7, 11) is 0. The third kappa shape index (κ3) is 4.48. The molecular formula is C20H19ClN2O2. The average molecular weight is 355 g/mol. The Labute approximate surface area is 150 Å². The van der Waals surface area contributed by atoms with Crippen LogP contribution >= 0.6 is 11.6 Å². The number of hydrogen-bond donors (Lipinski definition) is 2. The van der Waals surface area contributed by atoms with Gasteiger partial charge in [0.15, 0.2) is 0 Å². The van der Waals surface area contributed by atoms with Gasteiger partial charge in [0.2, 0.25) is 5.91 Å². The number of carbonyl (C=O) groups excluding carboxylic acids is 1. The minimum Gasteiger partial charge on any atom is -0.355 e. The zero-order valence-corrected chi connectivity index (χ0v) is 14.7. The Morgan fingerprint density at radius 1 is 1.12 bits per heavy atom. The van der Waals surface area contributed by atoms with Crippen molar-refractivity contribution in [2.75, 3.05) is 6.54 Å². The molecule has 0 spiro atoms. The first-order valence-electron chi connectivity index (χ1n) is 8.15. The van der Waals surface area contributed by atoms with E-state index in [1.54, 1.807) is 6.92 Å². The molecule has 3 aromatic rings. The number of amides is 1. The molecule has 0 atom stereocenters. The van der Waals surface area contributed by atoms with E-state index in [9.17, 15) is 9.59 Å². The second-order valence-electron chi connectivity index (χ2n) is 6.11. The number of halogens is 1. The fraction of sp³-hybridized carbons (Fsp3) is 0.200. The standard InChI is InChI=1S/C20H19ClN2O2/c1-13-9-16-10-15(5-6-18(16)23-20(13)25)12-19(24)22-8-7-14-3-2-4-17(21)11-14/h2-6,9-11H,7-8,12H2,1H3,(H,22,24)(H,23,25). The molecule has 1 aromatic heterocycles. The molecule has 0 fully saturated rings. The van der Waals surface area contributed by atoms with E-state index in [0.717, 1.165) is 28.5 Å². The molecule has 5 heteroatoms. The van der Waals surface area contributed by atoms with Crippen molar-refractivity contribution < 1.29 is 4.79 Å². The lowest BCUT2D eigenvalue weighted by atomic mass is 10.1. The number of H-pyrrole nitrogens is 1. The number of fused-ring (bicyclic) bond motifs is 1. The van der Waals surface area contributed by atoms with Crippen molar-refractivity contribution in [1.82, 2.24) is 10.3 Å². The van der Waals surface area contributed by atoms with Crippen LogP contribution in [0.25, 0.3) is 10.9 Å². The molecule has 4 nitrogen and oxygen atoms in total. The largest absolute Gasteiger partial charge is 0.355 e. The van der Waals surface area contributed by atoms with Crippen LogP contribution in [0.15, 0.2) is 53.3 Å². The number of carbonyl (C=O) groups is 1. The van der Waals surface area contributed by atoms with Crippen LogP contribution in [-0.2, 0) is 17.6 Å². The quantitative estimate of drug-likeness (QED) is 0.737. The highest BCUT2D eigenvalue weighted by Gasteiger charge is 2.06. The minimum absolute atomic E-state index is 0.0254. The Morgan fingerprint density at radius 3 is 2.76 bits per heavy atom. The van der Waals surface area contributed by atoms with Crippen molar-refractivity contribution in [2.45, 2.75) is 19.8 Å². The normalized spacial score (nSPS) is 10.8. The number of benzene rings is 2. The topological polar surface area (TPSA) is 62.0 Å². The summed E-state index contributed by atoms with van der Waals surface area (Å²) in [5, 5.41) is 4.56. The van der Waals surface area contributed by atoms with E-state index in [1.807, 2.05) is 48.5 Å². The monoisotopic (exact) mass is 354 g/mol. The maximum Gasteiger partial charge on any atom is 0.251 e. The van der Waals surface area contributed by atoms with Crippen LogP contribution in [0.1, 0.15) is 16.7 Å². The molecule has 1 heterocycles. The summed E-state index contributed by atoms with van der Waals surface area (Å²) in [6, 6.07) is 15.1. The first kappa shape index (κ1) is 17.2. The molecule has 0 bridgehead atoms. The molecule has 128 valence electrons. The van der Waals surface area contributed by atoms with Crippen molar-refractivity contribution in [1.29, 1.82) is 0 Å². The van der Waals surface area contributed by atoms with Crippen LogP contribution in [0.4, 0.5) is 0 Å². The second-order valence-corrected chi connectivity index (χ2v) is 6.55. The van der Waals surface area contributed by atoms with Gasteiger partial charge in [-0.3, -0.25) is 9.59 Å². The second kappa shape index (κ2) is 7.53. The molecular weight excluding hydrogens is 336 g/mol. The van der Waals surface area contributed by atoms with Crippen molar-refractivity contribution in [2.24, 2.45) is 0 Å². The zero-order valence-electron chi connectivity index (χ0n) is 13.9. The summed E-state index contributed by atoms with van der Waals surface area (Å²) >= 11 is 5.95. The van der Waals surface area contributed by atoms with E-state index in [0.29, 0.717) is 23.6 Å². The molecule has 0 saturated carbocycles. The van der Waals surface area contributed by atoms with Gasteiger partial charge in [-0.2, -0.15) is 0 Å². The van der Waals surface area contributed by atoms with Crippen molar-refractivity contribution in [3.05, 3.63) is 80.6 Å². The Hall–Kier alpha value is -2.59. The van der Waals surface area contributed by atoms with Crippen molar-refractivity contribution in [3.63, 3.8) is 0 Å². The zero-order chi connectivity index (χ0) is 17.8. The van der Waals surface area contributed by atoms with Gasteiger partial charge < -0.3 is 10.3 Å². The number of nitrogens with one attached hydrogen (secondary N) is 2.